The third-order valence-electron chi connectivity index (χ3n) is 7.22. The molecule has 12 heteroatoms. The van der Waals surface area contributed by atoms with E-state index in [9.17, 15) is 36.8 Å². The Kier molecular flexibility index (Phi) is 8.17. The molecule has 0 radical (unpaired) electrons. The SMILES string of the molecule is CNC(=O)c1c(-c2ccc(F)cc2)oc2nc(CCC(F)(F)F)c(-c3ccc(F)c(C(=O)N[C@H](C#N)CC4CC4)c3)cc12. The van der Waals surface area contributed by atoms with Gasteiger partial charge >= 0.3 is 6.18 Å². The van der Waals surface area contributed by atoms with Crippen LogP contribution < -0.4 is 10.6 Å². The van der Waals surface area contributed by atoms with E-state index in [1.165, 1.54) is 37.4 Å². The second kappa shape index (κ2) is 11.8. The van der Waals surface area contributed by atoms with Crippen molar-refractivity contribution >= 4 is 22.9 Å². The minimum Gasteiger partial charge on any atom is -0.437 e. The monoisotopic (exact) mass is 596 g/mol. The van der Waals surface area contributed by atoms with E-state index in [1.807, 2.05) is 6.07 Å². The summed E-state index contributed by atoms with van der Waals surface area (Å²) in [4.78, 5) is 30.3. The molecule has 1 fully saturated rings. The largest absolute Gasteiger partial charge is 0.437 e. The van der Waals surface area contributed by atoms with Crippen LogP contribution in [0.5, 0.6) is 0 Å². The Morgan fingerprint density at radius 2 is 1.77 bits per heavy atom. The van der Waals surface area contributed by atoms with Gasteiger partial charge in [-0.05, 0) is 66.8 Å². The van der Waals surface area contributed by atoms with E-state index in [-0.39, 0.29) is 39.2 Å². The van der Waals surface area contributed by atoms with Crippen molar-refractivity contribution < 1.29 is 36.0 Å². The average Bonchev–Trinajstić information content (AvgIpc) is 3.72. The Morgan fingerprint density at radius 3 is 2.40 bits per heavy atom. The summed E-state index contributed by atoms with van der Waals surface area (Å²) in [5.74, 6) is -2.50. The Bertz CT molecular complexity index is 1740. The van der Waals surface area contributed by atoms with Crippen molar-refractivity contribution in [1.82, 2.24) is 15.6 Å². The molecule has 1 aliphatic carbocycles. The third-order valence-corrected chi connectivity index (χ3v) is 7.22. The lowest BCUT2D eigenvalue weighted by molar-refractivity contribution is -0.134. The first-order valence-electron chi connectivity index (χ1n) is 13.5. The van der Waals surface area contributed by atoms with Gasteiger partial charge in [0.25, 0.3) is 11.8 Å². The molecule has 2 amide bonds. The van der Waals surface area contributed by atoms with Crippen LogP contribution in [0.1, 0.15) is 52.1 Å². The van der Waals surface area contributed by atoms with Crippen LogP contribution in [-0.4, -0.2) is 36.1 Å². The highest BCUT2D eigenvalue weighted by Crippen LogP contribution is 2.38. The van der Waals surface area contributed by atoms with Crippen LogP contribution in [-0.2, 0) is 6.42 Å². The molecule has 0 saturated heterocycles. The minimum atomic E-state index is -4.52. The Morgan fingerprint density at radius 1 is 1.07 bits per heavy atom. The summed E-state index contributed by atoms with van der Waals surface area (Å²) in [5, 5.41) is 14.6. The molecule has 1 atom stereocenters. The van der Waals surface area contributed by atoms with Crippen LogP contribution in [0.3, 0.4) is 0 Å². The molecule has 1 aliphatic rings. The number of hydrogen-bond acceptors (Lipinski definition) is 5. The van der Waals surface area contributed by atoms with E-state index in [0.717, 1.165) is 31.0 Å². The van der Waals surface area contributed by atoms with E-state index < -0.39 is 54.1 Å². The van der Waals surface area contributed by atoms with Gasteiger partial charge in [-0.1, -0.05) is 18.9 Å². The van der Waals surface area contributed by atoms with Crippen LogP contribution in [0, 0.1) is 28.9 Å². The lowest BCUT2D eigenvalue weighted by Crippen LogP contribution is -2.34. The fourth-order valence-corrected chi connectivity index (χ4v) is 4.85. The number of benzene rings is 2. The molecule has 222 valence electrons. The Hall–Kier alpha value is -4.79. The summed E-state index contributed by atoms with van der Waals surface area (Å²) >= 11 is 0. The molecule has 43 heavy (non-hydrogen) atoms. The van der Waals surface area contributed by atoms with Crippen LogP contribution in [0.4, 0.5) is 22.0 Å². The third kappa shape index (κ3) is 6.66. The number of nitrogens with one attached hydrogen (secondary N) is 2. The van der Waals surface area contributed by atoms with Gasteiger partial charge in [-0.15, -0.1) is 0 Å². The molecule has 5 rings (SSSR count). The molecule has 2 N–H and O–H groups in total. The molecule has 2 aromatic carbocycles. The molecule has 0 spiro atoms. The lowest BCUT2D eigenvalue weighted by Gasteiger charge is -2.14. The number of rotatable bonds is 9. The first-order valence-corrected chi connectivity index (χ1v) is 13.5. The number of alkyl halides is 3. The fourth-order valence-electron chi connectivity index (χ4n) is 4.85. The number of pyridine rings is 1. The maximum atomic E-state index is 14.9. The van der Waals surface area contributed by atoms with E-state index in [0.29, 0.717) is 17.9 Å². The maximum absolute atomic E-state index is 14.9. The number of fused-ring (bicyclic) bond motifs is 1. The normalized spacial score (nSPS) is 13.9. The summed E-state index contributed by atoms with van der Waals surface area (Å²) in [5.41, 5.74) is 0.0392. The number of aryl methyl sites for hydroxylation is 1. The molecule has 0 aliphatic heterocycles. The Balaban J connectivity index is 1.64. The number of halogens is 5. The summed E-state index contributed by atoms with van der Waals surface area (Å²) in [6.07, 6.45) is -4.00. The molecule has 2 aromatic heterocycles. The number of hydrogen-bond donors (Lipinski definition) is 2. The molecule has 4 aromatic rings. The van der Waals surface area contributed by atoms with Gasteiger partial charge in [0.2, 0.25) is 5.71 Å². The number of nitrogens with zero attached hydrogens (tertiary/aromatic N) is 2. The highest BCUT2D eigenvalue weighted by molar-refractivity contribution is 6.11. The zero-order valence-corrected chi connectivity index (χ0v) is 22.8. The molecule has 1 saturated carbocycles. The van der Waals surface area contributed by atoms with E-state index in [2.05, 4.69) is 15.6 Å². The highest BCUT2D eigenvalue weighted by atomic mass is 19.4. The van der Waals surface area contributed by atoms with Crippen LogP contribution in [0.15, 0.2) is 52.9 Å². The van der Waals surface area contributed by atoms with Crippen LogP contribution in [0.25, 0.3) is 33.6 Å². The Labute approximate surface area is 242 Å². The molecule has 0 bridgehead atoms. The van der Waals surface area contributed by atoms with Crippen molar-refractivity contribution in [3.05, 3.63) is 77.0 Å². The van der Waals surface area contributed by atoms with Crippen molar-refractivity contribution in [2.45, 2.75) is 44.3 Å². The van der Waals surface area contributed by atoms with Gasteiger partial charge in [-0.25, -0.2) is 13.8 Å². The van der Waals surface area contributed by atoms with Gasteiger partial charge in [0, 0.05) is 24.6 Å². The summed E-state index contributed by atoms with van der Waals surface area (Å²) in [6, 6.07) is 11.2. The average molecular weight is 597 g/mol. The number of carbonyl (C=O) groups excluding carboxylic acids is 2. The quantitative estimate of drug-likeness (QED) is 0.209. The molecule has 2 heterocycles. The van der Waals surface area contributed by atoms with Gasteiger partial charge in [-0.3, -0.25) is 9.59 Å². The number of nitriles is 1. The topological polar surface area (TPSA) is 108 Å². The van der Waals surface area contributed by atoms with E-state index in [4.69, 9.17) is 4.42 Å². The van der Waals surface area contributed by atoms with Gasteiger partial charge in [-0.2, -0.15) is 18.4 Å². The zero-order chi connectivity index (χ0) is 30.9. The maximum Gasteiger partial charge on any atom is 0.389 e. The molecular weight excluding hydrogens is 571 g/mol. The van der Waals surface area contributed by atoms with Crippen LogP contribution >= 0.6 is 0 Å². The predicted octanol–water partition coefficient (Wildman–Crippen LogP) is 6.72. The van der Waals surface area contributed by atoms with E-state index in [1.54, 1.807) is 0 Å². The standard InChI is InChI=1S/C31H25F5N4O3/c1-38-29(42)26-23-14-21(18-6-9-24(33)22(13-18)28(41)39-20(15-37)12-16-2-3-16)25(10-11-31(34,35)36)40-30(23)43-27(26)17-4-7-19(32)8-5-17/h4-9,13-14,16,20H,2-3,10-12H2,1H3,(H,38,42)(H,39,41)/t20-/m0/s1. The second-order valence-electron chi connectivity index (χ2n) is 10.4. The van der Waals surface area contributed by atoms with Gasteiger partial charge in [0.05, 0.1) is 28.3 Å². The lowest BCUT2D eigenvalue weighted by atomic mass is 9.96. The molecule has 0 unspecified atom stereocenters. The van der Waals surface area contributed by atoms with Crippen molar-refractivity contribution in [1.29, 1.82) is 5.26 Å². The molecular formula is C31H25F5N4O3. The summed E-state index contributed by atoms with van der Waals surface area (Å²) < 4.78 is 74.1. The number of carbonyl (C=O) groups is 2. The van der Waals surface area contributed by atoms with Gasteiger partial charge < -0.3 is 15.1 Å². The zero-order valence-electron chi connectivity index (χ0n) is 22.8. The number of amides is 2. The fraction of sp³-hybridized carbons (Fsp3) is 0.290. The second-order valence-corrected chi connectivity index (χ2v) is 10.4. The predicted molar refractivity (Wildman–Crippen MR) is 147 cm³/mol. The van der Waals surface area contributed by atoms with Crippen molar-refractivity contribution in [3.8, 4) is 28.5 Å². The highest BCUT2D eigenvalue weighted by Gasteiger charge is 2.30. The molecule has 7 nitrogen and oxygen atoms in total. The first-order chi connectivity index (χ1) is 20.5. The van der Waals surface area contributed by atoms with Crippen molar-refractivity contribution in [2.75, 3.05) is 7.05 Å². The van der Waals surface area contributed by atoms with E-state index >= 15 is 0 Å². The minimum absolute atomic E-state index is 0.0113. The van der Waals surface area contributed by atoms with Crippen molar-refractivity contribution in [2.24, 2.45) is 5.92 Å². The number of furan rings is 1. The summed E-state index contributed by atoms with van der Waals surface area (Å²) in [7, 11) is 1.38. The van der Waals surface area contributed by atoms with Crippen LogP contribution in [0.2, 0.25) is 0 Å². The van der Waals surface area contributed by atoms with Gasteiger partial charge in [0.1, 0.15) is 23.4 Å². The number of aromatic nitrogens is 1. The first kappa shape index (κ1) is 29.7. The van der Waals surface area contributed by atoms with Crippen molar-refractivity contribution in [3.63, 3.8) is 0 Å². The van der Waals surface area contributed by atoms with Gasteiger partial charge in [0.15, 0.2) is 0 Å². The summed E-state index contributed by atoms with van der Waals surface area (Å²) in [6.45, 7) is 0. The smallest absolute Gasteiger partial charge is 0.389 e.